The molecule has 0 heterocycles. The molecule has 0 aliphatic rings. The number of amides is 2. The molecule has 0 atom stereocenters. The minimum atomic E-state index is -0.772. The van der Waals surface area contributed by atoms with E-state index in [0.29, 0.717) is 11.4 Å². The fourth-order valence-corrected chi connectivity index (χ4v) is 2.45. The summed E-state index contributed by atoms with van der Waals surface area (Å²) >= 11 is 0. The van der Waals surface area contributed by atoms with Crippen LogP contribution in [0.3, 0.4) is 0 Å². The topological polar surface area (TPSA) is 137 Å². The van der Waals surface area contributed by atoms with E-state index in [1.165, 1.54) is 12.1 Å². The van der Waals surface area contributed by atoms with Crippen molar-refractivity contribution in [3.8, 4) is 0 Å². The predicted molar refractivity (Wildman–Crippen MR) is 113 cm³/mol. The average Bonchev–Trinajstić information content (AvgIpc) is 2.72. The largest absolute Gasteiger partial charge is 0.462 e. The van der Waals surface area contributed by atoms with E-state index >= 15 is 0 Å². The molecule has 2 N–H and O–H groups in total. The van der Waals surface area contributed by atoms with Crippen LogP contribution in [-0.2, 0) is 9.47 Å². The van der Waals surface area contributed by atoms with Crippen molar-refractivity contribution in [1.29, 1.82) is 0 Å². The number of hydrogen-bond acceptors (Lipinski definition) is 7. The second-order valence-electron chi connectivity index (χ2n) is 6.90. The van der Waals surface area contributed by atoms with Gasteiger partial charge in [0, 0.05) is 29.1 Å². The van der Waals surface area contributed by atoms with Crippen molar-refractivity contribution in [3.63, 3.8) is 0 Å². The summed E-state index contributed by atoms with van der Waals surface area (Å²) in [5, 5.41) is 16.3. The molecular formula is C21H23N3O7. The van der Waals surface area contributed by atoms with Crippen LogP contribution in [0.2, 0.25) is 0 Å². The standard InChI is InChI=1S/C21H23N3O7/c1-4-30-20(26)15-8-14(9-18(10-15)24(28)29)19(25)22-16-6-5-7-17(11-16)23-21(27)31-12-13(2)3/h5-11,13H,4,12H2,1-3H3,(H,22,25)(H,23,27). The zero-order chi connectivity index (χ0) is 23.0. The first-order valence-corrected chi connectivity index (χ1v) is 9.51. The molecule has 2 rings (SSSR count). The summed E-state index contributed by atoms with van der Waals surface area (Å²) in [6, 6.07) is 9.60. The highest BCUT2D eigenvalue weighted by Gasteiger charge is 2.19. The Balaban J connectivity index is 2.18. The van der Waals surface area contributed by atoms with Crippen LogP contribution in [0.5, 0.6) is 0 Å². The second-order valence-corrected chi connectivity index (χ2v) is 6.90. The van der Waals surface area contributed by atoms with Crippen LogP contribution in [0.4, 0.5) is 21.9 Å². The van der Waals surface area contributed by atoms with Crippen molar-refractivity contribution in [2.75, 3.05) is 23.8 Å². The van der Waals surface area contributed by atoms with E-state index in [2.05, 4.69) is 10.6 Å². The van der Waals surface area contributed by atoms with E-state index in [1.807, 2.05) is 13.8 Å². The van der Waals surface area contributed by atoms with Gasteiger partial charge in [-0.1, -0.05) is 19.9 Å². The number of nitro benzene ring substituents is 1. The maximum atomic E-state index is 12.6. The van der Waals surface area contributed by atoms with Crippen LogP contribution in [0.1, 0.15) is 41.5 Å². The smallest absolute Gasteiger partial charge is 0.411 e. The molecular weight excluding hydrogens is 406 g/mol. The molecule has 0 radical (unpaired) electrons. The Morgan fingerprint density at radius 3 is 2.26 bits per heavy atom. The summed E-state index contributed by atoms with van der Waals surface area (Å²) in [4.78, 5) is 46.9. The molecule has 10 heteroatoms. The van der Waals surface area contributed by atoms with E-state index < -0.39 is 28.6 Å². The Bertz CT molecular complexity index is 989. The Hall–Kier alpha value is -3.95. The van der Waals surface area contributed by atoms with Gasteiger partial charge in [0.15, 0.2) is 0 Å². The molecule has 0 saturated carbocycles. The van der Waals surface area contributed by atoms with E-state index in [4.69, 9.17) is 9.47 Å². The summed E-state index contributed by atoms with van der Waals surface area (Å²) in [6.07, 6.45) is -0.630. The zero-order valence-corrected chi connectivity index (χ0v) is 17.3. The monoisotopic (exact) mass is 429 g/mol. The van der Waals surface area contributed by atoms with Gasteiger partial charge in [0.2, 0.25) is 0 Å². The Morgan fingerprint density at radius 2 is 1.65 bits per heavy atom. The van der Waals surface area contributed by atoms with Crippen LogP contribution in [-0.4, -0.2) is 36.1 Å². The summed E-state index contributed by atoms with van der Waals surface area (Å²) < 4.78 is 9.90. The van der Waals surface area contributed by atoms with Gasteiger partial charge in [0.05, 0.1) is 23.7 Å². The molecule has 0 aromatic heterocycles. The molecule has 0 spiro atoms. The van der Waals surface area contributed by atoms with Crippen molar-refractivity contribution in [1.82, 2.24) is 0 Å². The number of nitrogens with one attached hydrogen (secondary N) is 2. The van der Waals surface area contributed by atoms with Crippen molar-refractivity contribution in [3.05, 3.63) is 63.7 Å². The molecule has 0 unspecified atom stereocenters. The lowest BCUT2D eigenvalue weighted by Gasteiger charge is -2.11. The number of ether oxygens (including phenoxy) is 2. The first-order chi connectivity index (χ1) is 14.7. The molecule has 2 aromatic carbocycles. The number of non-ortho nitro benzene ring substituents is 1. The van der Waals surface area contributed by atoms with Gasteiger partial charge in [0.25, 0.3) is 11.6 Å². The molecule has 2 aromatic rings. The highest BCUT2D eigenvalue weighted by molar-refractivity contribution is 6.06. The predicted octanol–water partition coefficient (Wildman–Crippen LogP) is 4.23. The third kappa shape index (κ3) is 7.11. The van der Waals surface area contributed by atoms with Gasteiger partial charge in [0.1, 0.15) is 0 Å². The number of carbonyl (C=O) groups excluding carboxylic acids is 3. The van der Waals surface area contributed by atoms with E-state index in [1.54, 1.807) is 25.1 Å². The van der Waals surface area contributed by atoms with Crippen LogP contribution in [0.25, 0.3) is 0 Å². The minimum Gasteiger partial charge on any atom is -0.462 e. The highest BCUT2D eigenvalue weighted by atomic mass is 16.6. The van der Waals surface area contributed by atoms with Crippen LogP contribution < -0.4 is 10.6 Å². The van der Waals surface area contributed by atoms with E-state index in [-0.39, 0.29) is 30.3 Å². The molecule has 0 aliphatic heterocycles. The van der Waals surface area contributed by atoms with Gasteiger partial charge in [-0.3, -0.25) is 20.2 Å². The van der Waals surface area contributed by atoms with Crippen molar-refractivity contribution in [2.24, 2.45) is 5.92 Å². The quantitative estimate of drug-likeness (QED) is 0.364. The molecule has 0 saturated heterocycles. The SMILES string of the molecule is CCOC(=O)c1cc(C(=O)Nc2cccc(NC(=O)OCC(C)C)c2)cc([N+](=O)[O-])c1. The first-order valence-electron chi connectivity index (χ1n) is 9.51. The van der Waals surface area contributed by atoms with Crippen LogP contribution >= 0.6 is 0 Å². The number of rotatable bonds is 8. The fourth-order valence-electron chi connectivity index (χ4n) is 2.45. The molecule has 0 fully saturated rings. The lowest BCUT2D eigenvalue weighted by molar-refractivity contribution is -0.384. The van der Waals surface area contributed by atoms with Gasteiger partial charge in [-0.05, 0) is 37.1 Å². The summed E-state index contributed by atoms with van der Waals surface area (Å²) in [5.41, 5.74) is 0.101. The van der Waals surface area contributed by atoms with Crippen LogP contribution in [0.15, 0.2) is 42.5 Å². The fraction of sp³-hybridized carbons (Fsp3) is 0.286. The highest BCUT2D eigenvalue weighted by Crippen LogP contribution is 2.21. The third-order valence-electron chi connectivity index (χ3n) is 3.82. The maximum absolute atomic E-state index is 12.6. The lowest BCUT2D eigenvalue weighted by Crippen LogP contribution is -2.17. The molecule has 10 nitrogen and oxygen atoms in total. The summed E-state index contributed by atoms with van der Waals surface area (Å²) in [6.45, 7) is 5.76. The van der Waals surface area contributed by atoms with Crippen molar-refractivity contribution >= 4 is 35.0 Å². The number of carbonyl (C=O) groups is 3. The number of anilines is 2. The van der Waals surface area contributed by atoms with E-state index in [9.17, 15) is 24.5 Å². The van der Waals surface area contributed by atoms with Gasteiger partial charge in [-0.2, -0.15) is 0 Å². The lowest BCUT2D eigenvalue weighted by atomic mass is 10.1. The minimum absolute atomic E-state index is 0.0858. The molecule has 31 heavy (non-hydrogen) atoms. The van der Waals surface area contributed by atoms with Gasteiger partial charge < -0.3 is 14.8 Å². The molecule has 0 bridgehead atoms. The Kier molecular flexibility index (Phi) is 8.07. The maximum Gasteiger partial charge on any atom is 0.411 e. The van der Waals surface area contributed by atoms with Crippen molar-refractivity contribution in [2.45, 2.75) is 20.8 Å². The Labute approximate surface area is 178 Å². The van der Waals surface area contributed by atoms with Crippen molar-refractivity contribution < 1.29 is 28.8 Å². The second kappa shape index (κ2) is 10.7. The van der Waals surface area contributed by atoms with Gasteiger partial charge in [-0.15, -0.1) is 0 Å². The third-order valence-corrected chi connectivity index (χ3v) is 3.82. The first kappa shape index (κ1) is 23.3. The molecule has 0 aliphatic carbocycles. The zero-order valence-electron chi connectivity index (χ0n) is 17.3. The number of benzene rings is 2. The normalized spacial score (nSPS) is 10.3. The van der Waals surface area contributed by atoms with Gasteiger partial charge in [-0.25, -0.2) is 9.59 Å². The number of hydrogen-bond donors (Lipinski definition) is 2. The average molecular weight is 429 g/mol. The van der Waals surface area contributed by atoms with Gasteiger partial charge >= 0.3 is 12.1 Å². The summed E-state index contributed by atoms with van der Waals surface area (Å²) in [5.74, 6) is -1.26. The number of esters is 1. The number of nitrogens with zero attached hydrogens (tertiary/aromatic N) is 1. The van der Waals surface area contributed by atoms with Crippen LogP contribution in [0, 0.1) is 16.0 Å². The summed E-state index contributed by atoms with van der Waals surface area (Å²) in [7, 11) is 0. The molecule has 164 valence electrons. The number of nitro groups is 1. The Morgan fingerprint density at radius 1 is 1.00 bits per heavy atom. The van der Waals surface area contributed by atoms with E-state index in [0.717, 1.165) is 12.1 Å². The molecule has 2 amide bonds.